The van der Waals surface area contributed by atoms with Crippen LogP contribution in [0.5, 0.6) is 11.5 Å². The quantitative estimate of drug-likeness (QED) is 0.712. The molecule has 3 rings (SSSR count). The number of carbonyl (C=O) groups excluding carboxylic acids is 1. The van der Waals surface area contributed by atoms with Crippen LogP contribution in [0.4, 0.5) is 5.13 Å². The van der Waals surface area contributed by atoms with Gasteiger partial charge in [0.05, 0.1) is 25.7 Å². The number of nitrogens with zero attached hydrogens (tertiary/aromatic N) is 2. The fourth-order valence-electron chi connectivity index (χ4n) is 3.26. The summed E-state index contributed by atoms with van der Waals surface area (Å²) in [6.45, 7) is 2.38. The summed E-state index contributed by atoms with van der Waals surface area (Å²) in [4.78, 5) is 17.1. The molecule has 1 aromatic carbocycles. The van der Waals surface area contributed by atoms with E-state index < -0.39 is 10.0 Å². The minimum Gasteiger partial charge on any atom is -0.497 e. The molecule has 0 aliphatic carbocycles. The zero-order valence-corrected chi connectivity index (χ0v) is 18.3. The maximum absolute atomic E-state index is 12.6. The summed E-state index contributed by atoms with van der Waals surface area (Å²) >= 11 is 1.33. The summed E-state index contributed by atoms with van der Waals surface area (Å²) in [7, 11) is -0.0184. The molecule has 1 aliphatic rings. The normalized spacial score (nSPS) is 15.8. The van der Waals surface area contributed by atoms with Crippen molar-refractivity contribution in [2.24, 2.45) is 5.92 Å². The number of carbonyl (C=O) groups is 1. The van der Waals surface area contributed by atoms with Gasteiger partial charge in [0.15, 0.2) is 5.13 Å². The fraction of sp³-hybridized carbons (Fsp3) is 0.474. The van der Waals surface area contributed by atoms with Gasteiger partial charge in [-0.05, 0) is 38.0 Å². The number of aromatic nitrogens is 1. The molecule has 29 heavy (non-hydrogen) atoms. The number of thiazole rings is 1. The van der Waals surface area contributed by atoms with Gasteiger partial charge in [-0.3, -0.25) is 4.79 Å². The number of sulfonamides is 1. The lowest BCUT2D eigenvalue weighted by Gasteiger charge is -2.30. The summed E-state index contributed by atoms with van der Waals surface area (Å²) in [5.41, 5.74) is 1.46. The van der Waals surface area contributed by atoms with E-state index in [1.807, 2.05) is 23.6 Å². The summed E-state index contributed by atoms with van der Waals surface area (Å²) < 4.78 is 36.0. The molecule has 0 spiro atoms. The van der Waals surface area contributed by atoms with E-state index in [4.69, 9.17) is 9.47 Å². The van der Waals surface area contributed by atoms with Crippen LogP contribution in [-0.4, -0.2) is 56.7 Å². The first-order chi connectivity index (χ1) is 13.9. The number of methoxy groups -OCH3 is 2. The number of rotatable bonds is 7. The van der Waals surface area contributed by atoms with Crippen LogP contribution in [0.1, 0.15) is 19.8 Å². The van der Waals surface area contributed by atoms with Crippen molar-refractivity contribution in [2.75, 3.05) is 38.4 Å². The van der Waals surface area contributed by atoms with Crippen molar-refractivity contribution in [2.45, 2.75) is 19.8 Å². The summed E-state index contributed by atoms with van der Waals surface area (Å²) in [5.74, 6) is 1.08. The highest BCUT2D eigenvalue weighted by atomic mass is 32.2. The summed E-state index contributed by atoms with van der Waals surface area (Å²) in [6, 6.07) is 5.45. The van der Waals surface area contributed by atoms with Crippen LogP contribution in [0, 0.1) is 5.92 Å². The van der Waals surface area contributed by atoms with Crippen LogP contribution in [0.2, 0.25) is 0 Å². The van der Waals surface area contributed by atoms with Gasteiger partial charge in [0.2, 0.25) is 15.9 Å². The Balaban J connectivity index is 1.66. The monoisotopic (exact) mass is 439 g/mol. The van der Waals surface area contributed by atoms with Crippen molar-refractivity contribution in [3.63, 3.8) is 0 Å². The molecule has 1 N–H and O–H groups in total. The lowest BCUT2D eigenvalue weighted by Crippen LogP contribution is -2.42. The SMILES string of the molecule is CCS(=O)(=O)N1CCC(C(=O)Nc2nc(-c3cc(OC)ccc3OC)cs2)CC1. The van der Waals surface area contributed by atoms with Crippen molar-refractivity contribution in [3.8, 4) is 22.8 Å². The second kappa shape index (κ2) is 9.10. The molecule has 1 saturated heterocycles. The van der Waals surface area contributed by atoms with Gasteiger partial charge in [0.1, 0.15) is 11.5 Å². The van der Waals surface area contributed by atoms with Crippen molar-refractivity contribution in [3.05, 3.63) is 23.6 Å². The molecule has 0 unspecified atom stereocenters. The second-order valence-corrected chi connectivity index (χ2v) is 9.78. The maximum atomic E-state index is 12.6. The topological polar surface area (TPSA) is 97.8 Å². The first kappa shape index (κ1) is 21.5. The average molecular weight is 440 g/mol. The molecule has 2 heterocycles. The van der Waals surface area contributed by atoms with Gasteiger partial charge < -0.3 is 14.8 Å². The number of hydrogen-bond acceptors (Lipinski definition) is 7. The summed E-state index contributed by atoms with van der Waals surface area (Å²) in [5, 5.41) is 5.21. The predicted molar refractivity (Wildman–Crippen MR) is 113 cm³/mol. The smallest absolute Gasteiger partial charge is 0.229 e. The molecule has 0 saturated carbocycles. The third-order valence-corrected chi connectivity index (χ3v) is 7.64. The Labute approximate surface area is 174 Å². The van der Waals surface area contributed by atoms with Crippen molar-refractivity contribution in [1.29, 1.82) is 0 Å². The highest BCUT2D eigenvalue weighted by molar-refractivity contribution is 7.89. The molecule has 0 radical (unpaired) electrons. The first-order valence-electron chi connectivity index (χ1n) is 9.34. The van der Waals surface area contributed by atoms with Crippen LogP contribution in [0.3, 0.4) is 0 Å². The van der Waals surface area contributed by atoms with Crippen LogP contribution in [-0.2, 0) is 14.8 Å². The van der Waals surface area contributed by atoms with E-state index in [2.05, 4.69) is 10.3 Å². The van der Waals surface area contributed by atoms with Gasteiger partial charge in [-0.15, -0.1) is 11.3 Å². The predicted octanol–water partition coefficient (Wildman–Crippen LogP) is 2.83. The van der Waals surface area contributed by atoms with E-state index in [1.165, 1.54) is 15.6 Å². The van der Waals surface area contributed by atoms with E-state index in [0.29, 0.717) is 48.3 Å². The van der Waals surface area contributed by atoms with Crippen LogP contribution in [0.15, 0.2) is 23.6 Å². The van der Waals surface area contributed by atoms with Gasteiger partial charge >= 0.3 is 0 Å². The molecular formula is C19H25N3O5S2. The van der Waals surface area contributed by atoms with E-state index >= 15 is 0 Å². The Morgan fingerprint density at radius 1 is 1.28 bits per heavy atom. The maximum Gasteiger partial charge on any atom is 0.229 e. The number of anilines is 1. The van der Waals surface area contributed by atoms with Crippen LogP contribution >= 0.6 is 11.3 Å². The highest BCUT2D eigenvalue weighted by Gasteiger charge is 2.30. The molecule has 1 aliphatic heterocycles. The van der Waals surface area contributed by atoms with E-state index in [0.717, 1.165) is 5.56 Å². The first-order valence-corrected chi connectivity index (χ1v) is 11.8. The summed E-state index contributed by atoms with van der Waals surface area (Å²) in [6.07, 6.45) is 1.01. The third kappa shape index (κ3) is 4.88. The highest BCUT2D eigenvalue weighted by Crippen LogP contribution is 2.35. The Bertz CT molecular complexity index is 966. The number of nitrogens with one attached hydrogen (secondary N) is 1. The molecule has 1 fully saturated rings. The second-order valence-electron chi connectivity index (χ2n) is 6.67. The Hall–Kier alpha value is -2.17. The van der Waals surface area contributed by atoms with Crippen molar-refractivity contribution in [1.82, 2.24) is 9.29 Å². The average Bonchev–Trinajstić information content (AvgIpc) is 3.21. The fourth-order valence-corrected chi connectivity index (χ4v) is 5.10. The zero-order valence-electron chi connectivity index (χ0n) is 16.7. The lowest BCUT2D eigenvalue weighted by atomic mass is 9.97. The minimum absolute atomic E-state index is 0.0828. The van der Waals surface area contributed by atoms with Gasteiger partial charge in [-0.25, -0.2) is 17.7 Å². The standard InChI is InChI=1S/C19H25N3O5S2/c1-4-29(24,25)22-9-7-13(8-10-22)18(23)21-19-20-16(12-28-19)15-11-14(26-2)5-6-17(15)27-3/h5-6,11-13H,4,7-10H2,1-3H3,(H,20,21,23). The Kier molecular flexibility index (Phi) is 6.76. The van der Waals surface area contributed by atoms with E-state index in [-0.39, 0.29) is 17.6 Å². The largest absolute Gasteiger partial charge is 0.497 e. The molecule has 2 aromatic rings. The van der Waals surface area contributed by atoms with Gasteiger partial charge in [-0.2, -0.15) is 0 Å². The molecule has 158 valence electrons. The molecule has 1 aromatic heterocycles. The number of piperidine rings is 1. The van der Waals surface area contributed by atoms with Gasteiger partial charge in [0.25, 0.3) is 0 Å². The number of ether oxygens (including phenoxy) is 2. The van der Waals surface area contributed by atoms with E-state index in [9.17, 15) is 13.2 Å². The minimum atomic E-state index is -3.20. The number of amides is 1. The van der Waals surface area contributed by atoms with Crippen molar-refractivity contribution >= 4 is 32.4 Å². The van der Waals surface area contributed by atoms with Gasteiger partial charge in [-0.1, -0.05) is 0 Å². The molecule has 10 heteroatoms. The van der Waals surface area contributed by atoms with Gasteiger partial charge in [0, 0.05) is 30.0 Å². The molecule has 0 atom stereocenters. The van der Waals surface area contributed by atoms with E-state index in [1.54, 1.807) is 21.1 Å². The van der Waals surface area contributed by atoms with Crippen LogP contribution in [0.25, 0.3) is 11.3 Å². The molecule has 0 bridgehead atoms. The Morgan fingerprint density at radius 3 is 2.62 bits per heavy atom. The molecule has 1 amide bonds. The molecule has 8 nitrogen and oxygen atoms in total. The lowest BCUT2D eigenvalue weighted by molar-refractivity contribution is -0.120. The molecular weight excluding hydrogens is 414 g/mol. The van der Waals surface area contributed by atoms with Crippen molar-refractivity contribution < 1.29 is 22.7 Å². The zero-order chi connectivity index (χ0) is 21.0. The number of benzene rings is 1. The Morgan fingerprint density at radius 2 is 2.00 bits per heavy atom. The number of hydrogen-bond donors (Lipinski definition) is 1. The third-order valence-electron chi connectivity index (χ3n) is 5.00. The van der Waals surface area contributed by atoms with Crippen LogP contribution < -0.4 is 14.8 Å².